The molecule has 5 N–H and O–H groups in total. The zero-order valence-corrected chi connectivity index (χ0v) is 11.9. The summed E-state index contributed by atoms with van der Waals surface area (Å²) in [5.41, 5.74) is 5.98. The van der Waals surface area contributed by atoms with Crippen LogP contribution in [-0.2, 0) is 14.1 Å². The fourth-order valence-electron chi connectivity index (χ4n) is 1.50. The van der Waals surface area contributed by atoms with Crippen molar-refractivity contribution in [3.8, 4) is 0 Å². The van der Waals surface area contributed by atoms with Crippen LogP contribution in [0.1, 0.15) is 26.2 Å². The molecule has 8 heteroatoms. The summed E-state index contributed by atoms with van der Waals surface area (Å²) in [7, 11) is -4.21. The molecule has 0 aliphatic rings. The average molecular weight is 295 g/mol. The maximum Gasteiger partial charge on any atom is 0.329 e. The summed E-state index contributed by atoms with van der Waals surface area (Å²) in [6.45, 7) is 1.85. The molecule has 0 spiro atoms. The maximum absolute atomic E-state index is 11.3. The van der Waals surface area contributed by atoms with E-state index in [0.717, 1.165) is 0 Å². The number of unbranched alkanes of at least 4 members (excludes halogenated alkanes) is 1. The molecule has 112 valence electrons. The Labute approximate surface area is 112 Å². The van der Waals surface area contributed by atoms with Gasteiger partial charge in [0.1, 0.15) is 6.04 Å². The first-order chi connectivity index (χ1) is 8.80. The molecule has 0 aromatic rings. The van der Waals surface area contributed by atoms with E-state index < -0.39 is 25.8 Å². The van der Waals surface area contributed by atoms with E-state index >= 15 is 0 Å². The summed E-state index contributed by atoms with van der Waals surface area (Å²) >= 11 is 0. The molecule has 0 aromatic carbocycles. The number of aliphatic hydroxyl groups is 1. The van der Waals surface area contributed by atoms with Crippen LogP contribution in [-0.4, -0.2) is 46.3 Å². The van der Waals surface area contributed by atoms with Crippen molar-refractivity contribution in [3.63, 3.8) is 0 Å². The predicted molar refractivity (Wildman–Crippen MR) is 70.5 cm³/mol. The van der Waals surface area contributed by atoms with Crippen LogP contribution in [0.5, 0.6) is 0 Å². The van der Waals surface area contributed by atoms with E-state index in [0.29, 0.717) is 24.8 Å². The summed E-state index contributed by atoms with van der Waals surface area (Å²) in [5, 5.41) is 8.68. The molecule has 0 amide bonds. The second-order valence-electron chi connectivity index (χ2n) is 4.11. The van der Waals surface area contributed by atoms with Gasteiger partial charge >= 0.3 is 13.6 Å². The average Bonchev–Trinajstić information content (AvgIpc) is 2.27. The van der Waals surface area contributed by atoms with Gasteiger partial charge in [0.2, 0.25) is 0 Å². The molecular weight excluding hydrogens is 273 g/mol. The highest BCUT2D eigenvalue weighted by atomic mass is 31.2. The molecule has 0 aromatic heterocycles. The van der Waals surface area contributed by atoms with Gasteiger partial charge in [0.15, 0.2) is 0 Å². The van der Waals surface area contributed by atoms with Crippen LogP contribution in [0.25, 0.3) is 0 Å². The predicted octanol–water partition coefficient (Wildman–Crippen LogP) is 0.143. The Kier molecular flexibility index (Phi) is 8.88. The van der Waals surface area contributed by atoms with Crippen molar-refractivity contribution in [3.05, 3.63) is 11.6 Å². The van der Waals surface area contributed by atoms with E-state index in [1.165, 1.54) is 6.08 Å². The van der Waals surface area contributed by atoms with E-state index in [9.17, 15) is 9.36 Å². The number of carbonyl (C=O) groups excluding carboxylic acids is 1. The zero-order valence-electron chi connectivity index (χ0n) is 11.0. The number of hydrogen-bond acceptors (Lipinski definition) is 5. The fraction of sp³-hybridized carbons (Fsp3) is 0.727. The number of esters is 1. The van der Waals surface area contributed by atoms with Crippen LogP contribution in [0.3, 0.4) is 0 Å². The third-order valence-electron chi connectivity index (χ3n) is 2.29. The fourth-order valence-corrected chi connectivity index (χ4v) is 2.30. The molecule has 0 aliphatic heterocycles. The number of aliphatic hydroxyl groups excluding tert-OH is 1. The van der Waals surface area contributed by atoms with E-state index in [1.54, 1.807) is 6.92 Å². The zero-order chi connectivity index (χ0) is 14.9. The molecule has 7 nitrogen and oxygen atoms in total. The van der Waals surface area contributed by atoms with Crippen molar-refractivity contribution < 1.29 is 29.0 Å². The summed E-state index contributed by atoms with van der Waals surface area (Å²) in [6, 6.07) is -1.03. The van der Waals surface area contributed by atoms with Crippen molar-refractivity contribution in [1.29, 1.82) is 0 Å². The molecular formula is C11H22NO6P. The second kappa shape index (κ2) is 9.23. The molecule has 0 rings (SSSR count). The first kappa shape index (κ1) is 18.3. The van der Waals surface area contributed by atoms with Crippen molar-refractivity contribution >= 4 is 13.6 Å². The van der Waals surface area contributed by atoms with Crippen LogP contribution in [0.2, 0.25) is 0 Å². The molecule has 0 bridgehead atoms. The Balaban J connectivity index is 4.69. The van der Waals surface area contributed by atoms with Gasteiger partial charge in [0.25, 0.3) is 0 Å². The number of allylic oxidation sites excluding steroid dienone is 1. The van der Waals surface area contributed by atoms with Gasteiger partial charge in [-0.25, -0.2) is 0 Å². The van der Waals surface area contributed by atoms with Gasteiger partial charge in [0, 0.05) is 6.61 Å². The number of nitrogens with two attached hydrogens (primary N) is 1. The minimum absolute atomic E-state index is 0.00706. The third-order valence-corrected chi connectivity index (χ3v) is 3.11. The van der Waals surface area contributed by atoms with Crippen LogP contribution >= 0.6 is 7.60 Å². The highest BCUT2D eigenvalue weighted by Crippen LogP contribution is 2.37. The summed E-state index contributed by atoms with van der Waals surface area (Å²) in [5.74, 6) is -0.632. The van der Waals surface area contributed by atoms with E-state index in [1.807, 2.05) is 0 Å². The Bertz CT molecular complexity index is 351. The van der Waals surface area contributed by atoms with Gasteiger partial charge in [-0.1, -0.05) is 11.6 Å². The quantitative estimate of drug-likeness (QED) is 0.206. The minimum Gasteiger partial charge on any atom is -0.465 e. The Morgan fingerprint density at radius 3 is 2.53 bits per heavy atom. The van der Waals surface area contributed by atoms with Crippen molar-refractivity contribution in [2.45, 2.75) is 32.2 Å². The smallest absolute Gasteiger partial charge is 0.329 e. The number of carbonyl (C=O) groups is 1. The third kappa shape index (κ3) is 9.81. The Morgan fingerprint density at radius 1 is 1.42 bits per heavy atom. The monoisotopic (exact) mass is 295 g/mol. The van der Waals surface area contributed by atoms with Crippen LogP contribution in [0, 0.1) is 0 Å². The molecule has 1 atom stereocenters. The van der Waals surface area contributed by atoms with E-state index in [2.05, 4.69) is 0 Å². The lowest BCUT2D eigenvalue weighted by atomic mass is 10.1. The first-order valence-electron chi connectivity index (χ1n) is 6.07. The molecule has 1 unspecified atom stereocenters. The SMILES string of the molecule is CCOC(=O)C(N)C=C(CCCCO)CP(=O)(O)O. The van der Waals surface area contributed by atoms with Crippen LogP contribution in [0.15, 0.2) is 11.6 Å². The lowest BCUT2D eigenvalue weighted by Crippen LogP contribution is -2.30. The van der Waals surface area contributed by atoms with Gasteiger partial charge in [-0.15, -0.1) is 0 Å². The van der Waals surface area contributed by atoms with Gasteiger partial charge in [-0.05, 0) is 26.2 Å². The molecule has 0 saturated carbocycles. The number of hydrogen-bond donors (Lipinski definition) is 4. The van der Waals surface area contributed by atoms with Crippen LogP contribution < -0.4 is 5.73 Å². The highest BCUT2D eigenvalue weighted by molar-refractivity contribution is 7.52. The second-order valence-corrected chi connectivity index (χ2v) is 5.75. The van der Waals surface area contributed by atoms with Gasteiger partial charge in [-0.3, -0.25) is 9.36 Å². The number of ether oxygens (including phenoxy) is 1. The molecule has 0 aliphatic carbocycles. The standard InChI is InChI=1S/C11H22NO6P/c1-2-18-11(14)10(12)7-9(5-3-4-6-13)8-19(15,16)17/h7,10,13H,2-6,8,12H2,1H3,(H2,15,16,17). The topological polar surface area (TPSA) is 130 Å². The Hall–Kier alpha value is -0.720. The lowest BCUT2D eigenvalue weighted by Gasteiger charge is -2.12. The molecule has 0 saturated heterocycles. The van der Waals surface area contributed by atoms with Crippen molar-refractivity contribution in [2.75, 3.05) is 19.4 Å². The minimum atomic E-state index is -4.21. The van der Waals surface area contributed by atoms with Gasteiger partial charge in [0.05, 0.1) is 12.8 Å². The van der Waals surface area contributed by atoms with Crippen molar-refractivity contribution in [2.24, 2.45) is 5.73 Å². The highest BCUT2D eigenvalue weighted by Gasteiger charge is 2.19. The molecule has 0 radical (unpaired) electrons. The normalized spacial score (nSPS) is 14.3. The lowest BCUT2D eigenvalue weighted by molar-refractivity contribution is -0.143. The van der Waals surface area contributed by atoms with Crippen molar-refractivity contribution in [1.82, 2.24) is 0 Å². The molecule has 0 fully saturated rings. The first-order valence-corrected chi connectivity index (χ1v) is 7.87. The van der Waals surface area contributed by atoms with E-state index in [4.69, 9.17) is 25.4 Å². The largest absolute Gasteiger partial charge is 0.465 e. The van der Waals surface area contributed by atoms with E-state index in [-0.39, 0.29) is 13.2 Å². The molecule has 0 heterocycles. The molecule has 19 heavy (non-hydrogen) atoms. The summed E-state index contributed by atoms with van der Waals surface area (Å²) < 4.78 is 15.7. The Morgan fingerprint density at radius 2 is 2.05 bits per heavy atom. The maximum atomic E-state index is 11.3. The van der Waals surface area contributed by atoms with Gasteiger partial charge < -0.3 is 25.4 Å². The summed E-state index contributed by atoms with van der Waals surface area (Å²) in [6.07, 6.45) is 2.35. The van der Waals surface area contributed by atoms with Gasteiger partial charge in [-0.2, -0.15) is 0 Å². The van der Waals surface area contributed by atoms with Crippen LogP contribution in [0.4, 0.5) is 0 Å². The number of rotatable bonds is 9. The summed E-state index contributed by atoms with van der Waals surface area (Å²) in [4.78, 5) is 29.3.